The van der Waals surface area contributed by atoms with Crippen LogP contribution in [-0.4, -0.2) is 32.4 Å². The molecule has 0 fully saturated rings. The van der Waals surface area contributed by atoms with Gasteiger partial charge in [0.1, 0.15) is 0 Å². The summed E-state index contributed by atoms with van der Waals surface area (Å²) in [6.07, 6.45) is 3.45. The van der Waals surface area contributed by atoms with Gasteiger partial charge in [-0.05, 0) is 30.3 Å². The van der Waals surface area contributed by atoms with Crippen LogP contribution in [0.1, 0.15) is 5.56 Å². The molecule has 0 radical (unpaired) electrons. The number of hydrogen-bond donors (Lipinski definition) is 2. The van der Waals surface area contributed by atoms with Crippen molar-refractivity contribution in [3.8, 4) is 5.69 Å². The third-order valence-electron chi connectivity index (χ3n) is 5.11. The van der Waals surface area contributed by atoms with Crippen molar-refractivity contribution < 1.29 is 4.79 Å². The number of aromatic amines is 1. The summed E-state index contributed by atoms with van der Waals surface area (Å²) in [6, 6.07) is 24.3. The van der Waals surface area contributed by atoms with Gasteiger partial charge in [0.2, 0.25) is 0 Å². The lowest BCUT2D eigenvalue weighted by Crippen LogP contribution is -2.24. The molecule has 3 aromatic carbocycles. The average Bonchev–Trinajstić information content (AvgIpc) is 3.26. The van der Waals surface area contributed by atoms with E-state index in [4.69, 9.17) is 0 Å². The first-order valence-electron chi connectivity index (χ1n) is 10.3. The first-order valence-corrected chi connectivity index (χ1v) is 11.3. The molecule has 0 aliphatic carbocycles. The molecule has 8 heteroatoms. The third kappa shape index (κ3) is 4.28. The highest BCUT2D eigenvalue weighted by atomic mass is 32.2. The molecule has 0 spiro atoms. The predicted octanol–water partition coefficient (Wildman–Crippen LogP) is 4.11. The number of hydrazone groups is 1. The molecule has 0 atom stereocenters. The average molecular weight is 454 g/mol. The minimum absolute atomic E-state index is 0.0584. The molecular formula is C25H19N5O2S. The summed E-state index contributed by atoms with van der Waals surface area (Å²) in [6.45, 7) is 0. The van der Waals surface area contributed by atoms with Crippen LogP contribution >= 0.6 is 11.8 Å². The fourth-order valence-corrected chi connectivity index (χ4v) is 4.36. The molecule has 0 aliphatic heterocycles. The highest BCUT2D eigenvalue weighted by molar-refractivity contribution is 7.99. The number of amides is 1. The maximum Gasteiger partial charge on any atom is 0.266 e. The second-order valence-corrected chi connectivity index (χ2v) is 8.20. The standard InChI is InChI=1S/C25H19N5O2S/c31-23(29-27-15-17-14-26-21-12-6-4-10-19(17)21)16-33-25-28-22-13-7-5-11-20(22)24(32)30(25)18-8-2-1-3-9-18/h1-15,26H,16H2,(H,29,31)/b27-15-. The van der Waals surface area contributed by atoms with Crippen LogP contribution in [0.3, 0.4) is 0 Å². The van der Waals surface area contributed by atoms with Crippen molar-refractivity contribution in [2.75, 3.05) is 5.75 Å². The summed E-state index contributed by atoms with van der Waals surface area (Å²) >= 11 is 1.19. The maximum atomic E-state index is 13.2. The number of aromatic nitrogens is 3. The molecule has 1 amide bonds. The van der Waals surface area contributed by atoms with Crippen LogP contribution in [0, 0.1) is 0 Å². The van der Waals surface area contributed by atoms with E-state index in [1.54, 1.807) is 18.3 Å². The Bertz CT molecular complexity index is 1540. The molecule has 2 aromatic heterocycles. The van der Waals surface area contributed by atoms with Gasteiger partial charge in [0.15, 0.2) is 5.16 Å². The van der Waals surface area contributed by atoms with Gasteiger partial charge < -0.3 is 4.98 Å². The van der Waals surface area contributed by atoms with E-state index < -0.39 is 0 Å². The lowest BCUT2D eigenvalue weighted by atomic mass is 10.2. The van der Waals surface area contributed by atoms with Crippen LogP contribution in [0.5, 0.6) is 0 Å². The van der Waals surface area contributed by atoms with Crippen molar-refractivity contribution in [2.24, 2.45) is 5.10 Å². The monoisotopic (exact) mass is 453 g/mol. The summed E-state index contributed by atoms with van der Waals surface area (Å²) in [5.74, 6) is -0.235. The summed E-state index contributed by atoms with van der Waals surface area (Å²) in [5, 5.41) is 6.07. The Kier molecular flexibility index (Phi) is 5.73. The Morgan fingerprint density at radius 3 is 2.58 bits per heavy atom. The second-order valence-electron chi connectivity index (χ2n) is 7.26. The molecule has 0 unspecified atom stereocenters. The quantitative estimate of drug-likeness (QED) is 0.175. The number of carbonyl (C=O) groups is 1. The zero-order chi connectivity index (χ0) is 22.6. The van der Waals surface area contributed by atoms with Crippen molar-refractivity contribution in [3.05, 3.63) is 101 Å². The van der Waals surface area contributed by atoms with Crippen LogP contribution in [0.25, 0.3) is 27.5 Å². The first-order chi connectivity index (χ1) is 16.2. The molecule has 162 valence electrons. The summed E-state index contributed by atoms with van der Waals surface area (Å²) < 4.78 is 1.54. The summed E-state index contributed by atoms with van der Waals surface area (Å²) in [5.41, 5.74) is 5.55. The molecule has 5 aromatic rings. The van der Waals surface area contributed by atoms with Crippen LogP contribution in [-0.2, 0) is 4.79 Å². The SMILES string of the molecule is O=C(CSc1nc2ccccc2c(=O)n1-c1ccccc1)N/N=C\c1c[nH]c2ccccc12. The van der Waals surface area contributed by atoms with E-state index >= 15 is 0 Å². The Morgan fingerprint density at radius 2 is 1.73 bits per heavy atom. The molecular weight excluding hydrogens is 434 g/mol. The minimum atomic E-state index is -0.293. The van der Waals surface area contributed by atoms with Crippen molar-refractivity contribution >= 4 is 45.7 Å². The van der Waals surface area contributed by atoms with Gasteiger partial charge >= 0.3 is 0 Å². The molecule has 0 saturated carbocycles. The molecule has 0 saturated heterocycles. The summed E-state index contributed by atoms with van der Waals surface area (Å²) in [4.78, 5) is 33.4. The molecule has 5 rings (SSSR count). The number of rotatable bonds is 6. The number of thioether (sulfide) groups is 1. The number of fused-ring (bicyclic) bond motifs is 2. The lowest BCUT2D eigenvalue weighted by Gasteiger charge is -2.12. The van der Waals surface area contributed by atoms with Gasteiger partial charge in [0.05, 0.1) is 28.6 Å². The molecule has 0 bridgehead atoms. The number of nitrogens with one attached hydrogen (secondary N) is 2. The molecule has 7 nitrogen and oxygen atoms in total. The molecule has 2 N–H and O–H groups in total. The molecule has 2 heterocycles. The van der Waals surface area contributed by atoms with E-state index in [1.165, 1.54) is 16.3 Å². The van der Waals surface area contributed by atoms with Crippen LogP contribution in [0.15, 0.2) is 100 Å². The van der Waals surface area contributed by atoms with Gasteiger partial charge in [0.25, 0.3) is 11.5 Å². The van der Waals surface area contributed by atoms with Gasteiger partial charge in [-0.15, -0.1) is 0 Å². The van der Waals surface area contributed by atoms with Gasteiger partial charge in [-0.25, -0.2) is 10.4 Å². The zero-order valence-electron chi connectivity index (χ0n) is 17.4. The van der Waals surface area contributed by atoms with E-state index in [1.807, 2.05) is 72.9 Å². The Balaban J connectivity index is 1.35. The van der Waals surface area contributed by atoms with Crippen molar-refractivity contribution in [1.82, 2.24) is 20.0 Å². The summed E-state index contributed by atoms with van der Waals surface area (Å²) in [7, 11) is 0. The first kappa shape index (κ1) is 20.7. The smallest absolute Gasteiger partial charge is 0.266 e. The van der Waals surface area contributed by atoms with Crippen molar-refractivity contribution in [1.29, 1.82) is 0 Å². The van der Waals surface area contributed by atoms with Crippen LogP contribution in [0.2, 0.25) is 0 Å². The van der Waals surface area contributed by atoms with Crippen molar-refractivity contribution in [2.45, 2.75) is 5.16 Å². The van der Waals surface area contributed by atoms with Crippen molar-refractivity contribution in [3.63, 3.8) is 0 Å². The maximum absolute atomic E-state index is 13.2. The van der Waals surface area contributed by atoms with E-state index in [0.717, 1.165) is 16.5 Å². The fraction of sp³-hybridized carbons (Fsp3) is 0.0400. The number of hydrogen-bond acceptors (Lipinski definition) is 5. The Morgan fingerprint density at radius 1 is 1.00 bits per heavy atom. The van der Waals surface area contributed by atoms with Gasteiger partial charge in [0, 0.05) is 22.7 Å². The Labute approximate surface area is 193 Å². The number of nitrogens with zero attached hydrogens (tertiary/aromatic N) is 3. The Hall–Kier alpha value is -4.17. The molecule has 0 aliphatic rings. The lowest BCUT2D eigenvalue weighted by molar-refractivity contribution is -0.118. The normalized spacial score (nSPS) is 11.4. The number of benzene rings is 3. The third-order valence-corrected chi connectivity index (χ3v) is 6.04. The molecule has 33 heavy (non-hydrogen) atoms. The van der Waals surface area contributed by atoms with E-state index in [-0.39, 0.29) is 17.2 Å². The van der Waals surface area contributed by atoms with E-state index in [9.17, 15) is 9.59 Å². The minimum Gasteiger partial charge on any atom is -0.361 e. The highest BCUT2D eigenvalue weighted by Crippen LogP contribution is 2.21. The fourth-order valence-electron chi connectivity index (χ4n) is 3.55. The number of carbonyl (C=O) groups excluding carboxylic acids is 1. The van der Waals surface area contributed by atoms with Crippen LogP contribution in [0.4, 0.5) is 0 Å². The largest absolute Gasteiger partial charge is 0.361 e. The van der Waals surface area contributed by atoms with Gasteiger partial charge in [-0.2, -0.15) is 5.10 Å². The van der Waals surface area contributed by atoms with Gasteiger partial charge in [-0.3, -0.25) is 14.2 Å². The van der Waals surface area contributed by atoms with Crippen LogP contribution < -0.4 is 11.0 Å². The zero-order valence-corrected chi connectivity index (χ0v) is 18.3. The second kappa shape index (κ2) is 9.13. The highest BCUT2D eigenvalue weighted by Gasteiger charge is 2.14. The number of H-pyrrole nitrogens is 1. The predicted molar refractivity (Wildman–Crippen MR) is 132 cm³/mol. The van der Waals surface area contributed by atoms with Gasteiger partial charge in [-0.1, -0.05) is 60.3 Å². The number of para-hydroxylation sites is 3. The van der Waals surface area contributed by atoms with E-state index in [0.29, 0.717) is 21.7 Å². The van der Waals surface area contributed by atoms with E-state index in [2.05, 4.69) is 20.5 Å². The topological polar surface area (TPSA) is 92.1 Å².